The summed E-state index contributed by atoms with van der Waals surface area (Å²) in [5.41, 5.74) is 0.954. The Hall–Kier alpha value is -2.01. The summed E-state index contributed by atoms with van der Waals surface area (Å²) < 4.78 is 6.03. The first kappa shape index (κ1) is 13.4. The van der Waals surface area contributed by atoms with Gasteiger partial charge in [-0.3, -0.25) is 0 Å². The number of phenols is 2. The predicted octanol–water partition coefficient (Wildman–Crippen LogP) is 3.22. The van der Waals surface area contributed by atoms with E-state index in [1.165, 1.54) is 12.1 Å². The second-order valence-electron chi connectivity index (χ2n) is 3.94. The van der Waals surface area contributed by atoms with E-state index in [1.54, 1.807) is 0 Å². The molecule has 0 spiro atoms. The molecule has 0 aliphatic rings. The number of benzene rings is 2. The molecule has 0 atom stereocenters. The van der Waals surface area contributed by atoms with Crippen molar-refractivity contribution >= 4 is 21.9 Å². The van der Waals surface area contributed by atoms with Gasteiger partial charge in [0.15, 0.2) is 0 Å². The molecule has 0 aliphatic heterocycles. The van der Waals surface area contributed by atoms with Gasteiger partial charge in [-0.25, -0.2) is 4.79 Å². The molecule has 0 fully saturated rings. The summed E-state index contributed by atoms with van der Waals surface area (Å²) in [6, 6.07) is 11.0. The minimum Gasteiger partial charge on any atom is -0.508 e. The molecule has 19 heavy (non-hydrogen) atoms. The Morgan fingerprint density at radius 2 is 1.63 bits per heavy atom. The lowest BCUT2D eigenvalue weighted by Gasteiger charge is -2.06. The predicted molar refractivity (Wildman–Crippen MR) is 73.0 cm³/mol. The van der Waals surface area contributed by atoms with Crippen LogP contribution in [0.5, 0.6) is 11.5 Å². The van der Waals surface area contributed by atoms with Crippen LogP contribution in [-0.2, 0) is 11.3 Å². The second kappa shape index (κ2) is 5.75. The lowest BCUT2D eigenvalue weighted by molar-refractivity contribution is 0.0472. The van der Waals surface area contributed by atoms with Crippen molar-refractivity contribution in [2.24, 2.45) is 0 Å². The van der Waals surface area contributed by atoms with Crippen LogP contribution in [0, 0.1) is 0 Å². The van der Waals surface area contributed by atoms with Gasteiger partial charge in [0, 0.05) is 10.5 Å². The van der Waals surface area contributed by atoms with Crippen LogP contribution in [0.4, 0.5) is 0 Å². The molecule has 0 saturated heterocycles. The molecule has 98 valence electrons. The number of carbonyl (C=O) groups is 1. The van der Waals surface area contributed by atoms with Gasteiger partial charge in [-0.05, 0) is 29.8 Å². The van der Waals surface area contributed by atoms with Crippen LogP contribution in [-0.4, -0.2) is 16.2 Å². The molecular weight excluding hydrogens is 312 g/mol. The normalized spacial score (nSPS) is 10.2. The zero-order valence-corrected chi connectivity index (χ0v) is 11.4. The van der Waals surface area contributed by atoms with E-state index in [9.17, 15) is 15.0 Å². The Bertz CT molecular complexity index is 573. The SMILES string of the molecule is O=C(OCc1ccc(Br)cc1)c1cc(O)cc(O)c1. The molecular formula is C14H11BrO4. The first-order valence-corrected chi connectivity index (χ1v) is 6.28. The average molecular weight is 323 g/mol. The fourth-order valence-electron chi connectivity index (χ4n) is 1.53. The number of phenolic OH excluding ortho intramolecular Hbond substituents is 2. The highest BCUT2D eigenvalue weighted by atomic mass is 79.9. The molecule has 0 radical (unpaired) electrons. The monoisotopic (exact) mass is 322 g/mol. The van der Waals surface area contributed by atoms with E-state index in [4.69, 9.17) is 4.74 Å². The van der Waals surface area contributed by atoms with Crippen molar-refractivity contribution in [1.29, 1.82) is 0 Å². The lowest BCUT2D eigenvalue weighted by atomic mass is 10.2. The summed E-state index contributed by atoms with van der Waals surface area (Å²) in [7, 11) is 0. The van der Waals surface area contributed by atoms with Crippen LogP contribution < -0.4 is 0 Å². The number of rotatable bonds is 3. The molecule has 0 heterocycles. The molecule has 0 aromatic heterocycles. The van der Waals surface area contributed by atoms with E-state index in [0.717, 1.165) is 16.1 Å². The lowest BCUT2D eigenvalue weighted by Crippen LogP contribution is -2.05. The number of hydrogen-bond donors (Lipinski definition) is 2. The molecule has 0 unspecified atom stereocenters. The molecule has 0 amide bonds. The number of halogens is 1. The first-order chi connectivity index (χ1) is 9.04. The van der Waals surface area contributed by atoms with E-state index in [1.807, 2.05) is 24.3 Å². The Morgan fingerprint density at radius 1 is 1.05 bits per heavy atom. The largest absolute Gasteiger partial charge is 0.508 e. The van der Waals surface area contributed by atoms with Crippen LogP contribution in [0.1, 0.15) is 15.9 Å². The fourth-order valence-corrected chi connectivity index (χ4v) is 1.79. The van der Waals surface area contributed by atoms with Gasteiger partial charge in [0.1, 0.15) is 18.1 Å². The van der Waals surface area contributed by atoms with Gasteiger partial charge in [-0.1, -0.05) is 28.1 Å². The Balaban J connectivity index is 2.03. The van der Waals surface area contributed by atoms with Crippen molar-refractivity contribution < 1.29 is 19.7 Å². The molecule has 2 rings (SSSR count). The molecule has 2 aromatic carbocycles. The molecule has 0 bridgehead atoms. The maximum absolute atomic E-state index is 11.7. The number of esters is 1. The van der Waals surface area contributed by atoms with E-state index < -0.39 is 5.97 Å². The summed E-state index contributed by atoms with van der Waals surface area (Å²) in [5, 5.41) is 18.6. The quantitative estimate of drug-likeness (QED) is 0.851. The van der Waals surface area contributed by atoms with Crippen LogP contribution in [0.3, 0.4) is 0 Å². The van der Waals surface area contributed by atoms with Crippen molar-refractivity contribution in [3.05, 3.63) is 58.1 Å². The van der Waals surface area contributed by atoms with Crippen molar-refractivity contribution in [3.8, 4) is 11.5 Å². The van der Waals surface area contributed by atoms with Crippen LogP contribution in [0.25, 0.3) is 0 Å². The highest BCUT2D eigenvalue weighted by Gasteiger charge is 2.10. The number of carbonyl (C=O) groups excluding carboxylic acids is 1. The van der Waals surface area contributed by atoms with Crippen LogP contribution in [0.15, 0.2) is 46.9 Å². The third kappa shape index (κ3) is 3.72. The van der Waals surface area contributed by atoms with Gasteiger partial charge < -0.3 is 14.9 Å². The van der Waals surface area contributed by atoms with E-state index in [0.29, 0.717) is 0 Å². The standard InChI is InChI=1S/C14H11BrO4/c15-11-3-1-9(2-4-11)8-19-14(18)10-5-12(16)7-13(17)6-10/h1-7,16-17H,8H2. The molecule has 0 saturated carbocycles. The van der Waals surface area contributed by atoms with E-state index >= 15 is 0 Å². The fraction of sp³-hybridized carbons (Fsp3) is 0.0714. The summed E-state index contributed by atoms with van der Waals surface area (Å²) >= 11 is 3.31. The minimum absolute atomic E-state index is 0.106. The Labute approximate surface area is 118 Å². The molecule has 0 aliphatic carbocycles. The highest BCUT2D eigenvalue weighted by molar-refractivity contribution is 9.10. The van der Waals surface area contributed by atoms with Crippen molar-refractivity contribution in [2.45, 2.75) is 6.61 Å². The van der Waals surface area contributed by atoms with Gasteiger partial charge in [0.25, 0.3) is 0 Å². The number of aromatic hydroxyl groups is 2. The topological polar surface area (TPSA) is 66.8 Å². The first-order valence-electron chi connectivity index (χ1n) is 5.49. The zero-order valence-electron chi connectivity index (χ0n) is 9.84. The molecule has 2 aromatic rings. The van der Waals surface area contributed by atoms with Gasteiger partial charge in [-0.15, -0.1) is 0 Å². The third-order valence-corrected chi connectivity index (χ3v) is 2.95. The van der Waals surface area contributed by atoms with Gasteiger partial charge in [-0.2, -0.15) is 0 Å². The minimum atomic E-state index is -0.603. The zero-order chi connectivity index (χ0) is 13.8. The van der Waals surface area contributed by atoms with Crippen LogP contribution in [0.2, 0.25) is 0 Å². The summed E-state index contributed by atoms with van der Waals surface area (Å²) in [6.45, 7) is 0.128. The number of ether oxygens (including phenoxy) is 1. The third-order valence-electron chi connectivity index (χ3n) is 2.42. The average Bonchev–Trinajstić information content (AvgIpc) is 2.36. The molecule has 4 nitrogen and oxygen atoms in total. The van der Waals surface area contributed by atoms with Crippen molar-refractivity contribution in [1.82, 2.24) is 0 Å². The van der Waals surface area contributed by atoms with Gasteiger partial charge in [0.05, 0.1) is 5.56 Å². The smallest absolute Gasteiger partial charge is 0.338 e. The Kier molecular flexibility index (Phi) is 4.06. The van der Waals surface area contributed by atoms with Crippen LogP contribution >= 0.6 is 15.9 Å². The summed E-state index contributed by atoms with van der Waals surface area (Å²) in [5.74, 6) is -0.972. The van der Waals surface area contributed by atoms with E-state index in [2.05, 4.69) is 15.9 Å². The molecule has 5 heteroatoms. The summed E-state index contributed by atoms with van der Waals surface area (Å²) in [4.78, 5) is 11.7. The maximum Gasteiger partial charge on any atom is 0.338 e. The maximum atomic E-state index is 11.7. The van der Waals surface area contributed by atoms with Crippen molar-refractivity contribution in [3.63, 3.8) is 0 Å². The Morgan fingerprint density at radius 3 is 2.21 bits per heavy atom. The van der Waals surface area contributed by atoms with Gasteiger partial charge >= 0.3 is 5.97 Å². The van der Waals surface area contributed by atoms with Gasteiger partial charge in [0.2, 0.25) is 0 Å². The second-order valence-corrected chi connectivity index (χ2v) is 4.86. The van der Waals surface area contributed by atoms with E-state index in [-0.39, 0.29) is 23.7 Å². The highest BCUT2D eigenvalue weighted by Crippen LogP contribution is 2.21. The van der Waals surface area contributed by atoms with Crippen molar-refractivity contribution in [2.75, 3.05) is 0 Å². The summed E-state index contributed by atoms with van der Waals surface area (Å²) in [6.07, 6.45) is 0. The molecule has 2 N–H and O–H groups in total. The number of hydrogen-bond acceptors (Lipinski definition) is 4.